The van der Waals surface area contributed by atoms with Gasteiger partial charge in [0.15, 0.2) is 0 Å². The lowest BCUT2D eigenvalue weighted by molar-refractivity contribution is 0.314. The summed E-state index contributed by atoms with van der Waals surface area (Å²) in [5.41, 5.74) is 0. The van der Waals surface area contributed by atoms with Crippen LogP contribution in [0.1, 0.15) is 81.1 Å². The first-order valence-electron chi connectivity index (χ1n) is 7.93. The van der Waals surface area contributed by atoms with Crippen LogP contribution in [0.15, 0.2) is 6.20 Å². The molecule has 1 aliphatic rings. The Hall–Kier alpha value is -0.410. The Balaban J connectivity index is 1.96. The Labute approximate surface area is 122 Å². The molecule has 1 heterocycles. The van der Waals surface area contributed by atoms with E-state index in [0.29, 0.717) is 6.04 Å². The standard InChI is InChI=1S/C16H28N2S/c1-4-9-17-12(3)15-11-18-16(19-15)14-8-6-7-13(5-2)10-14/h11-14,17H,4-10H2,1-3H3. The van der Waals surface area contributed by atoms with Crippen LogP contribution in [0.2, 0.25) is 0 Å². The molecule has 0 amide bonds. The average molecular weight is 280 g/mol. The summed E-state index contributed by atoms with van der Waals surface area (Å²) in [6, 6.07) is 0.455. The zero-order valence-corrected chi connectivity index (χ0v) is 13.4. The van der Waals surface area contributed by atoms with Crippen molar-refractivity contribution in [1.82, 2.24) is 10.3 Å². The normalized spacial score (nSPS) is 25.4. The van der Waals surface area contributed by atoms with Crippen molar-refractivity contribution in [2.75, 3.05) is 6.54 Å². The summed E-state index contributed by atoms with van der Waals surface area (Å²) in [5.74, 6) is 1.66. The molecule has 1 saturated carbocycles. The summed E-state index contributed by atoms with van der Waals surface area (Å²) >= 11 is 1.94. The summed E-state index contributed by atoms with van der Waals surface area (Å²) in [5, 5.41) is 4.94. The van der Waals surface area contributed by atoms with Gasteiger partial charge >= 0.3 is 0 Å². The van der Waals surface area contributed by atoms with E-state index in [0.717, 1.165) is 18.4 Å². The smallest absolute Gasteiger partial charge is 0.0959 e. The molecule has 0 spiro atoms. The molecular formula is C16H28N2S. The van der Waals surface area contributed by atoms with Gasteiger partial charge < -0.3 is 5.32 Å². The number of hydrogen-bond donors (Lipinski definition) is 1. The van der Waals surface area contributed by atoms with Crippen molar-refractivity contribution in [3.63, 3.8) is 0 Å². The van der Waals surface area contributed by atoms with E-state index in [9.17, 15) is 0 Å². The number of aromatic nitrogens is 1. The second-order valence-corrected chi connectivity index (χ2v) is 7.01. The van der Waals surface area contributed by atoms with Crippen molar-refractivity contribution < 1.29 is 0 Å². The van der Waals surface area contributed by atoms with Gasteiger partial charge in [-0.25, -0.2) is 4.98 Å². The summed E-state index contributed by atoms with van der Waals surface area (Å²) in [4.78, 5) is 6.12. The predicted octanol–water partition coefficient (Wildman–Crippen LogP) is 4.89. The third-order valence-electron chi connectivity index (χ3n) is 4.38. The lowest BCUT2D eigenvalue weighted by Gasteiger charge is -2.26. The van der Waals surface area contributed by atoms with Crippen LogP contribution in [0.4, 0.5) is 0 Å². The molecule has 108 valence electrons. The van der Waals surface area contributed by atoms with Crippen molar-refractivity contribution in [2.24, 2.45) is 5.92 Å². The second-order valence-electron chi connectivity index (χ2n) is 5.91. The van der Waals surface area contributed by atoms with E-state index in [2.05, 4.69) is 32.3 Å². The molecule has 2 rings (SSSR count). The average Bonchev–Trinajstić information content (AvgIpc) is 2.94. The van der Waals surface area contributed by atoms with Crippen molar-refractivity contribution in [3.8, 4) is 0 Å². The van der Waals surface area contributed by atoms with Gasteiger partial charge in [-0.05, 0) is 38.6 Å². The Bertz CT molecular complexity index is 375. The van der Waals surface area contributed by atoms with Crippen LogP contribution in [-0.4, -0.2) is 11.5 Å². The summed E-state index contributed by atoms with van der Waals surface area (Å²) < 4.78 is 0. The lowest BCUT2D eigenvalue weighted by Crippen LogP contribution is -2.18. The number of hydrogen-bond acceptors (Lipinski definition) is 3. The van der Waals surface area contributed by atoms with Gasteiger partial charge in [-0.2, -0.15) is 0 Å². The number of rotatable bonds is 6. The molecule has 0 aliphatic heterocycles. The third kappa shape index (κ3) is 4.03. The molecule has 3 unspecified atom stereocenters. The lowest BCUT2D eigenvalue weighted by atomic mass is 9.80. The van der Waals surface area contributed by atoms with E-state index in [1.165, 1.54) is 48.4 Å². The van der Waals surface area contributed by atoms with Crippen molar-refractivity contribution in [3.05, 3.63) is 16.1 Å². The summed E-state index contributed by atoms with van der Waals surface area (Å²) in [6.07, 6.45) is 10.2. The molecule has 3 heteroatoms. The van der Waals surface area contributed by atoms with Crippen LogP contribution in [0.5, 0.6) is 0 Å². The molecule has 1 fully saturated rings. The number of nitrogens with zero attached hydrogens (tertiary/aromatic N) is 1. The minimum Gasteiger partial charge on any atom is -0.309 e. The second kappa shape index (κ2) is 7.39. The first-order valence-corrected chi connectivity index (χ1v) is 8.75. The number of thiazole rings is 1. The van der Waals surface area contributed by atoms with Crippen LogP contribution >= 0.6 is 11.3 Å². The fraction of sp³-hybridized carbons (Fsp3) is 0.812. The molecule has 0 aromatic carbocycles. The van der Waals surface area contributed by atoms with Gasteiger partial charge in [0.2, 0.25) is 0 Å². The first kappa shape index (κ1) is 15.0. The largest absolute Gasteiger partial charge is 0.309 e. The highest BCUT2D eigenvalue weighted by molar-refractivity contribution is 7.11. The van der Waals surface area contributed by atoms with Crippen LogP contribution in [-0.2, 0) is 0 Å². The molecule has 0 bridgehead atoms. The van der Waals surface area contributed by atoms with Gasteiger partial charge in [0.1, 0.15) is 0 Å². The Morgan fingerprint density at radius 3 is 3.00 bits per heavy atom. The van der Waals surface area contributed by atoms with E-state index in [1.807, 2.05) is 11.3 Å². The first-order chi connectivity index (χ1) is 9.24. The molecular weight excluding hydrogens is 252 g/mol. The fourth-order valence-corrected chi connectivity index (χ4v) is 4.13. The maximum atomic E-state index is 4.72. The third-order valence-corrected chi connectivity index (χ3v) is 5.72. The topological polar surface area (TPSA) is 24.9 Å². The Morgan fingerprint density at radius 1 is 1.42 bits per heavy atom. The van der Waals surface area contributed by atoms with E-state index < -0.39 is 0 Å². The minimum absolute atomic E-state index is 0.455. The van der Waals surface area contributed by atoms with Crippen molar-refractivity contribution in [2.45, 2.75) is 71.3 Å². The van der Waals surface area contributed by atoms with Crippen molar-refractivity contribution >= 4 is 11.3 Å². The molecule has 1 N–H and O–H groups in total. The van der Waals surface area contributed by atoms with Gasteiger partial charge in [0, 0.05) is 23.0 Å². The molecule has 2 nitrogen and oxygen atoms in total. The zero-order chi connectivity index (χ0) is 13.7. The van der Waals surface area contributed by atoms with Crippen LogP contribution < -0.4 is 5.32 Å². The summed E-state index contributed by atoms with van der Waals surface area (Å²) in [6.45, 7) is 7.89. The van der Waals surface area contributed by atoms with Gasteiger partial charge in [-0.1, -0.05) is 33.1 Å². The molecule has 1 aromatic heterocycles. The van der Waals surface area contributed by atoms with Gasteiger partial charge in [-0.3, -0.25) is 0 Å². The molecule has 3 atom stereocenters. The SMILES string of the molecule is CCCNC(C)c1cnc(C2CCCC(CC)C2)s1. The Kier molecular flexibility index (Phi) is 5.83. The zero-order valence-electron chi connectivity index (χ0n) is 12.6. The van der Waals surface area contributed by atoms with Gasteiger partial charge in [0.05, 0.1) is 5.01 Å². The maximum absolute atomic E-state index is 4.72. The van der Waals surface area contributed by atoms with E-state index in [-0.39, 0.29) is 0 Å². The van der Waals surface area contributed by atoms with Gasteiger partial charge in [0.25, 0.3) is 0 Å². The highest BCUT2D eigenvalue weighted by atomic mass is 32.1. The summed E-state index contributed by atoms with van der Waals surface area (Å²) in [7, 11) is 0. The molecule has 1 aliphatic carbocycles. The van der Waals surface area contributed by atoms with Crippen LogP contribution in [0.3, 0.4) is 0 Å². The van der Waals surface area contributed by atoms with E-state index >= 15 is 0 Å². The van der Waals surface area contributed by atoms with Crippen LogP contribution in [0.25, 0.3) is 0 Å². The van der Waals surface area contributed by atoms with Crippen LogP contribution in [0, 0.1) is 5.92 Å². The number of nitrogens with one attached hydrogen (secondary N) is 1. The monoisotopic (exact) mass is 280 g/mol. The molecule has 0 radical (unpaired) electrons. The minimum atomic E-state index is 0.455. The predicted molar refractivity (Wildman–Crippen MR) is 83.8 cm³/mol. The highest BCUT2D eigenvalue weighted by Gasteiger charge is 2.24. The van der Waals surface area contributed by atoms with E-state index in [1.54, 1.807) is 0 Å². The maximum Gasteiger partial charge on any atom is 0.0959 e. The quantitative estimate of drug-likeness (QED) is 0.802. The Morgan fingerprint density at radius 2 is 2.26 bits per heavy atom. The van der Waals surface area contributed by atoms with Crippen molar-refractivity contribution in [1.29, 1.82) is 0 Å². The van der Waals surface area contributed by atoms with Gasteiger partial charge in [-0.15, -0.1) is 11.3 Å². The molecule has 0 saturated heterocycles. The van der Waals surface area contributed by atoms with E-state index in [4.69, 9.17) is 4.98 Å². The highest BCUT2D eigenvalue weighted by Crippen LogP contribution is 2.39. The molecule has 1 aromatic rings. The fourth-order valence-electron chi connectivity index (χ4n) is 3.04. The molecule has 19 heavy (non-hydrogen) atoms.